The minimum Gasteiger partial charge on any atom is -0.305 e. The van der Waals surface area contributed by atoms with Gasteiger partial charge < -0.3 is 29.9 Å². The molecule has 3 radical (unpaired) electrons. The number of aromatic nitrogens is 6. The van der Waals surface area contributed by atoms with Crippen molar-refractivity contribution >= 4 is 0 Å². The summed E-state index contributed by atoms with van der Waals surface area (Å²) >= 11 is 0. The van der Waals surface area contributed by atoms with Gasteiger partial charge in [-0.2, -0.15) is 0 Å². The van der Waals surface area contributed by atoms with Crippen molar-refractivity contribution in [2.24, 2.45) is 0 Å². The number of pyridine rings is 6. The second-order valence-corrected chi connectivity index (χ2v) is 23.8. The first-order chi connectivity index (χ1) is 48.5. The van der Waals surface area contributed by atoms with Crippen molar-refractivity contribution in [2.45, 2.75) is 60.8 Å². The molecule has 6 heterocycles. The molecule has 0 atom stereocenters. The SMILES string of the molecule is CC(C)c1cccc(-c2ccnc(-c3[c-]cccc3)c2)c1.CCc1cccc(-c2ccnc(-c3[c-]cccc3)c2)c1.Cc1ccc(-c2[c-]cccc2)nc1.Cc1ccc(-c2[c-]cccc2)nc1.Cc1ccc(-c2[c-]cccc2)nc1.Cc1cccc(-c2ccnc(-c3[c-]cccc3)c2)c1.[Ir].[Ir].[Ir]. The first kappa shape index (κ1) is 79.2. The summed E-state index contributed by atoms with van der Waals surface area (Å²) in [6.45, 7) is 14.8. The Labute approximate surface area is 644 Å². The fraction of sp³-hybridized carbons (Fsp3) is 0.0968. The molecule has 6 aromatic heterocycles. The van der Waals surface area contributed by atoms with E-state index in [0.717, 1.165) is 74.0 Å². The summed E-state index contributed by atoms with van der Waals surface area (Å²) in [5, 5.41) is 0. The minimum atomic E-state index is 0. The molecule has 0 bridgehead atoms. The Morgan fingerprint density at radius 3 is 0.863 bits per heavy atom. The normalized spacial score (nSPS) is 10.0. The average molecular weight is 1860 g/mol. The number of rotatable bonds is 11. The summed E-state index contributed by atoms with van der Waals surface area (Å²) < 4.78 is 0. The standard InChI is InChI=1S/C20H18N.C19H16N.C18H14N.3C12H10N.3Ir/c1-15(2)17-9-6-10-18(13-17)19-11-12-21-20(14-19)16-7-4-3-5-8-16;1-2-15-7-6-10-17(13-15)18-11-12-20-19(14-18)16-8-4-3-5-9-16;1-14-6-5-9-16(12-14)17-10-11-19-18(13-17)15-7-3-2-4-8-15;3*1-10-7-8-12(13-9-10)11-5-3-2-4-6-11;;;/h3-7,9-15H,1-2H3;3-8,10-14H,2H2,1H3;2-7,9-13H,1H3;3*2-5,7-9H,1H3;;;/q6*-1;;;. The molecule has 0 spiro atoms. The van der Waals surface area contributed by atoms with E-state index in [1.54, 1.807) is 0 Å². The summed E-state index contributed by atoms with van der Waals surface area (Å²) in [6, 6.07) is 117. The molecule has 0 unspecified atom stereocenters. The van der Waals surface area contributed by atoms with Gasteiger partial charge in [-0.25, -0.2) is 0 Å². The topological polar surface area (TPSA) is 77.3 Å². The predicted molar refractivity (Wildman–Crippen MR) is 410 cm³/mol. The fourth-order valence-corrected chi connectivity index (χ4v) is 10.3. The molecule has 513 valence electrons. The molecular formula is C93H78Ir3N6-6. The minimum absolute atomic E-state index is 0. The van der Waals surface area contributed by atoms with Gasteiger partial charge in [0.05, 0.1) is 0 Å². The molecule has 0 aliphatic rings. The summed E-state index contributed by atoms with van der Waals surface area (Å²) in [5.74, 6) is 0.536. The van der Waals surface area contributed by atoms with E-state index in [9.17, 15) is 0 Å². The van der Waals surface area contributed by atoms with Crippen molar-refractivity contribution in [3.05, 3.63) is 398 Å². The van der Waals surface area contributed by atoms with E-state index in [0.29, 0.717) is 5.92 Å². The van der Waals surface area contributed by atoms with Crippen LogP contribution in [0.5, 0.6) is 0 Å². The zero-order chi connectivity index (χ0) is 68.8. The average Bonchev–Trinajstić information content (AvgIpc) is 0.855. The summed E-state index contributed by atoms with van der Waals surface area (Å²) in [5.41, 5.74) is 26.8. The van der Waals surface area contributed by atoms with Gasteiger partial charge in [-0.05, 0) is 154 Å². The molecule has 0 fully saturated rings. The van der Waals surface area contributed by atoms with Crippen LogP contribution in [0.3, 0.4) is 0 Å². The molecule has 0 saturated heterocycles. The van der Waals surface area contributed by atoms with Crippen molar-refractivity contribution in [3.8, 4) is 101 Å². The maximum atomic E-state index is 4.46. The molecule has 9 heteroatoms. The van der Waals surface area contributed by atoms with Crippen LogP contribution in [-0.4, -0.2) is 29.9 Å². The second kappa shape index (κ2) is 42.2. The molecule has 9 aromatic carbocycles. The van der Waals surface area contributed by atoms with E-state index in [-0.39, 0.29) is 60.3 Å². The molecular weight excluding hydrogens is 1780 g/mol. The summed E-state index contributed by atoms with van der Waals surface area (Å²) in [7, 11) is 0. The van der Waals surface area contributed by atoms with Crippen LogP contribution < -0.4 is 0 Å². The van der Waals surface area contributed by atoms with Gasteiger partial charge in [0, 0.05) is 97.5 Å². The van der Waals surface area contributed by atoms with Crippen LogP contribution in [0.15, 0.2) is 328 Å². The third-order valence-corrected chi connectivity index (χ3v) is 15.8. The van der Waals surface area contributed by atoms with Crippen LogP contribution in [0, 0.1) is 64.1 Å². The Kier molecular flexibility index (Phi) is 32.7. The third-order valence-electron chi connectivity index (χ3n) is 15.8. The van der Waals surface area contributed by atoms with Crippen LogP contribution in [0.25, 0.3) is 101 Å². The molecule has 0 aliphatic carbocycles. The van der Waals surface area contributed by atoms with Crippen LogP contribution in [0.4, 0.5) is 0 Å². The zero-order valence-electron chi connectivity index (χ0n) is 58.1. The van der Waals surface area contributed by atoms with Crippen molar-refractivity contribution in [1.82, 2.24) is 29.9 Å². The van der Waals surface area contributed by atoms with Crippen LogP contribution >= 0.6 is 0 Å². The smallest absolute Gasteiger partial charge is 0.0190 e. The number of hydrogen-bond donors (Lipinski definition) is 0. The van der Waals surface area contributed by atoms with Crippen LogP contribution in [0.1, 0.15) is 60.1 Å². The van der Waals surface area contributed by atoms with E-state index in [2.05, 4.69) is 215 Å². The molecule has 0 N–H and O–H groups in total. The number of nitrogens with zero attached hydrogens (tertiary/aromatic N) is 6. The van der Waals surface area contributed by atoms with Gasteiger partial charge in [0.15, 0.2) is 0 Å². The molecule has 15 rings (SSSR count). The predicted octanol–water partition coefficient (Wildman–Crippen LogP) is 23.2. The monoisotopic (exact) mass is 1860 g/mol. The van der Waals surface area contributed by atoms with Crippen LogP contribution in [-0.2, 0) is 66.7 Å². The van der Waals surface area contributed by atoms with Crippen molar-refractivity contribution in [3.63, 3.8) is 0 Å². The van der Waals surface area contributed by atoms with E-state index in [1.807, 2.05) is 228 Å². The van der Waals surface area contributed by atoms with E-state index >= 15 is 0 Å². The van der Waals surface area contributed by atoms with Gasteiger partial charge in [0.2, 0.25) is 0 Å². The number of benzene rings is 9. The Morgan fingerprint density at radius 2 is 0.569 bits per heavy atom. The first-order valence-electron chi connectivity index (χ1n) is 33.3. The second-order valence-electron chi connectivity index (χ2n) is 23.8. The fourth-order valence-electron chi connectivity index (χ4n) is 10.3. The third kappa shape index (κ3) is 24.6. The van der Waals surface area contributed by atoms with Gasteiger partial charge >= 0.3 is 0 Å². The summed E-state index contributed by atoms with van der Waals surface area (Å²) in [4.78, 5) is 26.3. The Hall–Kier alpha value is -10.2. The van der Waals surface area contributed by atoms with Gasteiger partial charge in [-0.1, -0.05) is 154 Å². The van der Waals surface area contributed by atoms with Gasteiger partial charge in [0.1, 0.15) is 0 Å². The molecule has 0 amide bonds. The Bertz CT molecular complexity index is 4660. The molecule has 15 aromatic rings. The number of aryl methyl sites for hydroxylation is 5. The largest absolute Gasteiger partial charge is 0.305 e. The zero-order valence-corrected chi connectivity index (χ0v) is 65.3. The van der Waals surface area contributed by atoms with E-state index in [4.69, 9.17) is 0 Å². The van der Waals surface area contributed by atoms with Crippen molar-refractivity contribution < 1.29 is 60.3 Å². The van der Waals surface area contributed by atoms with E-state index in [1.165, 1.54) is 66.8 Å². The number of hydrogen-bond acceptors (Lipinski definition) is 6. The van der Waals surface area contributed by atoms with Crippen molar-refractivity contribution in [1.29, 1.82) is 0 Å². The molecule has 0 saturated carbocycles. The van der Waals surface area contributed by atoms with Gasteiger partial charge in [-0.15, -0.1) is 215 Å². The maximum Gasteiger partial charge on any atom is 0.0190 e. The van der Waals surface area contributed by atoms with Crippen molar-refractivity contribution in [2.75, 3.05) is 0 Å². The Balaban J connectivity index is 0.000000172. The quantitative estimate of drug-likeness (QED) is 0.120. The van der Waals surface area contributed by atoms with E-state index < -0.39 is 0 Å². The first-order valence-corrected chi connectivity index (χ1v) is 33.3. The van der Waals surface area contributed by atoms with Gasteiger partial charge in [0.25, 0.3) is 0 Å². The summed E-state index contributed by atoms with van der Waals surface area (Å²) in [6.07, 6.45) is 12.3. The van der Waals surface area contributed by atoms with Crippen LogP contribution in [0.2, 0.25) is 0 Å². The molecule has 6 nitrogen and oxygen atoms in total. The van der Waals surface area contributed by atoms with Gasteiger partial charge in [-0.3, -0.25) is 0 Å². The molecule has 0 aliphatic heterocycles. The molecule has 102 heavy (non-hydrogen) atoms. The Morgan fingerprint density at radius 1 is 0.265 bits per heavy atom. The maximum absolute atomic E-state index is 4.46.